The van der Waals surface area contributed by atoms with Crippen molar-refractivity contribution >= 4 is 0 Å². The van der Waals surface area contributed by atoms with E-state index in [0.717, 1.165) is 19.5 Å². The van der Waals surface area contributed by atoms with Gasteiger partial charge in [0.05, 0.1) is 0 Å². The van der Waals surface area contributed by atoms with Crippen molar-refractivity contribution < 1.29 is 0 Å². The topological polar surface area (TPSA) is 17.0 Å². The average Bonchev–Trinajstić information content (AvgIpc) is 2.76. The van der Waals surface area contributed by atoms with Crippen molar-refractivity contribution in [2.75, 3.05) is 6.54 Å². The largest absolute Gasteiger partial charge is 0.354 e. The van der Waals surface area contributed by atoms with E-state index in [-0.39, 0.29) is 0 Å². The Balaban J connectivity index is 2.52. The standard InChI is InChI=1S/C14H26N2/c1-4-7-10-16-11-8-13(12-16)14(6-3)15-9-5-2/h8,11-12,14-15H,4-7,9-10H2,1-3H3. The van der Waals surface area contributed by atoms with Gasteiger partial charge < -0.3 is 9.88 Å². The Morgan fingerprint density at radius 2 is 2.06 bits per heavy atom. The van der Waals surface area contributed by atoms with Gasteiger partial charge in [0.1, 0.15) is 0 Å². The summed E-state index contributed by atoms with van der Waals surface area (Å²) >= 11 is 0. The van der Waals surface area contributed by atoms with Gasteiger partial charge in [-0.25, -0.2) is 0 Å². The molecule has 0 fully saturated rings. The van der Waals surface area contributed by atoms with Gasteiger partial charge in [-0.3, -0.25) is 0 Å². The quantitative estimate of drug-likeness (QED) is 0.709. The van der Waals surface area contributed by atoms with Crippen LogP contribution in [0.25, 0.3) is 0 Å². The van der Waals surface area contributed by atoms with Crippen molar-refractivity contribution in [1.29, 1.82) is 0 Å². The number of hydrogen-bond acceptors (Lipinski definition) is 1. The van der Waals surface area contributed by atoms with E-state index in [1.165, 1.54) is 24.8 Å². The van der Waals surface area contributed by atoms with Gasteiger partial charge in [0.2, 0.25) is 0 Å². The highest BCUT2D eigenvalue weighted by molar-refractivity contribution is 5.15. The number of nitrogens with zero attached hydrogens (tertiary/aromatic N) is 1. The summed E-state index contributed by atoms with van der Waals surface area (Å²) in [5.41, 5.74) is 1.44. The molecule has 2 heteroatoms. The molecule has 0 aliphatic carbocycles. The van der Waals surface area contributed by atoms with Crippen molar-refractivity contribution in [3.05, 3.63) is 24.0 Å². The van der Waals surface area contributed by atoms with Gasteiger partial charge in [-0.05, 0) is 37.4 Å². The number of aromatic nitrogens is 1. The molecule has 0 saturated carbocycles. The maximum absolute atomic E-state index is 3.59. The monoisotopic (exact) mass is 222 g/mol. The molecule has 92 valence electrons. The van der Waals surface area contributed by atoms with Gasteiger partial charge in [0, 0.05) is 25.0 Å². The van der Waals surface area contributed by atoms with Gasteiger partial charge in [0.15, 0.2) is 0 Å². The van der Waals surface area contributed by atoms with Crippen LogP contribution in [-0.2, 0) is 6.54 Å². The Morgan fingerprint density at radius 1 is 1.25 bits per heavy atom. The second-order valence-corrected chi connectivity index (χ2v) is 4.45. The zero-order valence-corrected chi connectivity index (χ0v) is 11.0. The summed E-state index contributed by atoms with van der Waals surface area (Å²) in [5.74, 6) is 0. The average molecular weight is 222 g/mol. The molecule has 1 unspecified atom stereocenters. The van der Waals surface area contributed by atoms with Crippen molar-refractivity contribution in [2.45, 2.75) is 59.0 Å². The summed E-state index contributed by atoms with van der Waals surface area (Å²) in [6.07, 6.45) is 9.41. The Bertz CT molecular complexity index is 278. The van der Waals surface area contributed by atoms with Crippen LogP contribution in [-0.4, -0.2) is 11.1 Å². The molecule has 1 N–H and O–H groups in total. The summed E-state index contributed by atoms with van der Waals surface area (Å²) < 4.78 is 2.31. The highest BCUT2D eigenvalue weighted by atomic mass is 15.0. The molecular formula is C14H26N2. The maximum Gasteiger partial charge on any atom is 0.0332 e. The number of rotatable bonds is 8. The molecule has 1 aromatic heterocycles. The SMILES string of the molecule is CCCCn1ccc(C(CC)NCCC)c1. The number of unbranched alkanes of at least 4 members (excludes halogenated alkanes) is 1. The second-order valence-electron chi connectivity index (χ2n) is 4.45. The smallest absolute Gasteiger partial charge is 0.0332 e. The summed E-state index contributed by atoms with van der Waals surface area (Å²) in [4.78, 5) is 0. The molecule has 0 saturated heterocycles. The zero-order chi connectivity index (χ0) is 11.8. The molecule has 16 heavy (non-hydrogen) atoms. The third kappa shape index (κ3) is 4.01. The van der Waals surface area contributed by atoms with E-state index in [0.29, 0.717) is 6.04 Å². The lowest BCUT2D eigenvalue weighted by Gasteiger charge is -2.15. The minimum absolute atomic E-state index is 0.530. The molecule has 1 heterocycles. The summed E-state index contributed by atoms with van der Waals surface area (Å²) in [6.45, 7) is 8.96. The van der Waals surface area contributed by atoms with Crippen LogP contribution in [0.1, 0.15) is 58.1 Å². The first-order chi connectivity index (χ1) is 7.81. The fraction of sp³-hybridized carbons (Fsp3) is 0.714. The lowest BCUT2D eigenvalue weighted by atomic mass is 10.1. The Kier molecular flexibility index (Phi) is 6.24. The highest BCUT2D eigenvalue weighted by Crippen LogP contribution is 2.17. The molecule has 2 nitrogen and oxygen atoms in total. The summed E-state index contributed by atoms with van der Waals surface area (Å²) in [7, 11) is 0. The van der Waals surface area contributed by atoms with Crippen LogP contribution in [0, 0.1) is 0 Å². The van der Waals surface area contributed by atoms with Gasteiger partial charge in [-0.15, -0.1) is 0 Å². The lowest BCUT2D eigenvalue weighted by Crippen LogP contribution is -2.21. The van der Waals surface area contributed by atoms with Gasteiger partial charge in [0.25, 0.3) is 0 Å². The normalized spacial score (nSPS) is 12.9. The van der Waals surface area contributed by atoms with Crippen LogP contribution < -0.4 is 5.32 Å². The molecule has 0 aromatic carbocycles. The van der Waals surface area contributed by atoms with Crippen molar-refractivity contribution in [1.82, 2.24) is 9.88 Å². The van der Waals surface area contributed by atoms with Crippen LogP contribution in [0.5, 0.6) is 0 Å². The van der Waals surface area contributed by atoms with E-state index in [4.69, 9.17) is 0 Å². The predicted molar refractivity (Wildman–Crippen MR) is 70.7 cm³/mol. The minimum atomic E-state index is 0.530. The molecule has 0 spiro atoms. The first-order valence-electron chi connectivity index (χ1n) is 6.70. The van der Waals surface area contributed by atoms with Crippen LogP contribution in [0.2, 0.25) is 0 Å². The number of aryl methyl sites for hydroxylation is 1. The maximum atomic E-state index is 3.59. The Morgan fingerprint density at radius 3 is 2.69 bits per heavy atom. The molecule has 0 radical (unpaired) electrons. The first-order valence-corrected chi connectivity index (χ1v) is 6.70. The highest BCUT2D eigenvalue weighted by Gasteiger charge is 2.08. The third-order valence-corrected chi connectivity index (χ3v) is 2.99. The molecule has 0 bridgehead atoms. The molecule has 1 aromatic rings. The number of hydrogen-bond donors (Lipinski definition) is 1. The molecule has 0 aliphatic heterocycles. The van der Waals surface area contributed by atoms with E-state index in [2.05, 4.69) is 49.1 Å². The third-order valence-electron chi connectivity index (χ3n) is 2.99. The van der Waals surface area contributed by atoms with E-state index in [9.17, 15) is 0 Å². The molecule has 1 atom stereocenters. The van der Waals surface area contributed by atoms with E-state index in [1.807, 2.05) is 0 Å². The lowest BCUT2D eigenvalue weighted by molar-refractivity contribution is 0.516. The summed E-state index contributed by atoms with van der Waals surface area (Å²) in [5, 5.41) is 3.59. The minimum Gasteiger partial charge on any atom is -0.354 e. The zero-order valence-electron chi connectivity index (χ0n) is 11.0. The van der Waals surface area contributed by atoms with Gasteiger partial charge >= 0.3 is 0 Å². The van der Waals surface area contributed by atoms with E-state index >= 15 is 0 Å². The van der Waals surface area contributed by atoms with Crippen LogP contribution in [0.3, 0.4) is 0 Å². The number of nitrogens with one attached hydrogen (secondary N) is 1. The molecule has 1 rings (SSSR count). The van der Waals surface area contributed by atoms with Crippen molar-refractivity contribution in [3.8, 4) is 0 Å². The van der Waals surface area contributed by atoms with Crippen LogP contribution in [0.4, 0.5) is 0 Å². The van der Waals surface area contributed by atoms with E-state index in [1.54, 1.807) is 0 Å². The molecule has 0 amide bonds. The van der Waals surface area contributed by atoms with Gasteiger partial charge in [-0.2, -0.15) is 0 Å². The summed E-state index contributed by atoms with van der Waals surface area (Å²) in [6, 6.07) is 2.79. The Hall–Kier alpha value is -0.760. The Labute approximate surface area is 100 Å². The van der Waals surface area contributed by atoms with Crippen LogP contribution >= 0.6 is 0 Å². The molecular weight excluding hydrogens is 196 g/mol. The van der Waals surface area contributed by atoms with Crippen molar-refractivity contribution in [2.24, 2.45) is 0 Å². The fourth-order valence-electron chi connectivity index (χ4n) is 1.96. The fourth-order valence-corrected chi connectivity index (χ4v) is 1.96. The predicted octanol–water partition coefficient (Wildman–Crippen LogP) is 3.74. The molecule has 0 aliphatic rings. The van der Waals surface area contributed by atoms with Gasteiger partial charge in [-0.1, -0.05) is 27.2 Å². The second kappa shape index (κ2) is 7.50. The first kappa shape index (κ1) is 13.3. The van der Waals surface area contributed by atoms with E-state index < -0.39 is 0 Å². The van der Waals surface area contributed by atoms with Crippen molar-refractivity contribution in [3.63, 3.8) is 0 Å². The van der Waals surface area contributed by atoms with Crippen LogP contribution in [0.15, 0.2) is 18.5 Å².